The van der Waals surface area contributed by atoms with E-state index in [0.717, 1.165) is 29.8 Å². The molecule has 3 aromatic rings. The first-order valence-electron chi connectivity index (χ1n) is 9.35. The lowest BCUT2D eigenvalue weighted by atomic mass is 10.1. The number of carbonyl (C=O) groups excluding carboxylic acids is 1. The lowest BCUT2D eigenvalue weighted by Gasteiger charge is -2.11. The first-order valence-corrected chi connectivity index (χ1v) is 9.35. The van der Waals surface area contributed by atoms with Crippen LogP contribution in [0.25, 0.3) is 16.9 Å². The van der Waals surface area contributed by atoms with E-state index in [2.05, 4.69) is 5.32 Å². The fourth-order valence-electron chi connectivity index (χ4n) is 3.57. The molecule has 1 fully saturated rings. The molecular weight excluding hydrogens is 338 g/mol. The van der Waals surface area contributed by atoms with E-state index in [4.69, 9.17) is 9.84 Å². The van der Waals surface area contributed by atoms with Crippen LogP contribution < -0.4 is 10.1 Å². The largest absolute Gasteiger partial charge is 0.497 e. The Hall–Kier alpha value is -3.08. The van der Waals surface area contributed by atoms with Crippen molar-refractivity contribution in [3.8, 4) is 22.7 Å². The minimum absolute atomic E-state index is 0.0677. The molecule has 1 aromatic heterocycles. The Bertz CT molecular complexity index is 928. The molecule has 5 nitrogen and oxygen atoms in total. The topological polar surface area (TPSA) is 56.2 Å². The normalized spacial score (nSPS) is 14.3. The van der Waals surface area contributed by atoms with Crippen LogP contribution in [0.1, 0.15) is 36.0 Å². The van der Waals surface area contributed by atoms with Gasteiger partial charge in [0.05, 0.1) is 18.4 Å². The second kappa shape index (κ2) is 7.66. The van der Waals surface area contributed by atoms with Gasteiger partial charge in [-0.15, -0.1) is 0 Å². The molecule has 27 heavy (non-hydrogen) atoms. The highest BCUT2D eigenvalue weighted by molar-refractivity contribution is 6.00. The molecule has 0 aliphatic heterocycles. The number of nitrogens with one attached hydrogen (secondary N) is 1. The van der Waals surface area contributed by atoms with E-state index in [9.17, 15) is 4.79 Å². The van der Waals surface area contributed by atoms with Crippen molar-refractivity contribution in [3.05, 3.63) is 66.4 Å². The Balaban J connectivity index is 1.75. The van der Waals surface area contributed by atoms with Crippen LogP contribution in [0.4, 0.5) is 0 Å². The zero-order valence-electron chi connectivity index (χ0n) is 15.4. The van der Waals surface area contributed by atoms with Crippen molar-refractivity contribution in [2.45, 2.75) is 31.7 Å². The maximum atomic E-state index is 13.0. The number of hydrogen-bond donors (Lipinski definition) is 1. The predicted octanol–water partition coefficient (Wildman–Crippen LogP) is 4.22. The summed E-state index contributed by atoms with van der Waals surface area (Å²) < 4.78 is 7.10. The lowest BCUT2D eigenvalue weighted by molar-refractivity contribution is 0.0938. The number of para-hydroxylation sites is 1. The molecule has 0 unspecified atom stereocenters. The monoisotopic (exact) mass is 361 g/mol. The van der Waals surface area contributed by atoms with Crippen LogP contribution in [0.3, 0.4) is 0 Å². The van der Waals surface area contributed by atoms with E-state index in [1.54, 1.807) is 11.8 Å². The number of carbonyl (C=O) groups is 1. The molecule has 1 aliphatic rings. The van der Waals surface area contributed by atoms with Crippen LogP contribution in [0.15, 0.2) is 60.8 Å². The number of nitrogens with zero attached hydrogens (tertiary/aromatic N) is 2. The summed E-state index contributed by atoms with van der Waals surface area (Å²) in [4.78, 5) is 13.0. The maximum Gasteiger partial charge on any atom is 0.255 e. The molecular formula is C22H23N3O2. The second-order valence-electron chi connectivity index (χ2n) is 6.86. The average molecular weight is 361 g/mol. The molecule has 1 heterocycles. The number of rotatable bonds is 5. The van der Waals surface area contributed by atoms with Gasteiger partial charge in [0.15, 0.2) is 0 Å². The summed E-state index contributed by atoms with van der Waals surface area (Å²) in [6.45, 7) is 0. The van der Waals surface area contributed by atoms with Crippen LogP contribution in [-0.2, 0) is 0 Å². The first-order chi connectivity index (χ1) is 13.2. The average Bonchev–Trinajstić information content (AvgIpc) is 3.38. The number of benzene rings is 2. The summed E-state index contributed by atoms with van der Waals surface area (Å²) in [6, 6.07) is 17.7. The molecule has 0 atom stereocenters. The fraction of sp³-hybridized carbons (Fsp3) is 0.273. The molecule has 0 spiro atoms. The molecule has 0 bridgehead atoms. The summed E-state index contributed by atoms with van der Waals surface area (Å²) in [5, 5.41) is 7.90. The molecule has 1 aliphatic carbocycles. The van der Waals surface area contributed by atoms with Gasteiger partial charge in [0.1, 0.15) is 11.4 Å². The first kappa shape index (κ1) is 17.3. The molecule has 1 N–H and O–H groups in total. The van der Waals surface area contributed by atoms with Gasteiger partial charge in [0, 0.05) is 17.8 Å². The Labute approximate surface area is 159 Å². The SMILES string of the molecule is COc1cccc(-c2nn(-c3ccccc3)cc2C(=O)NC2CCCC2)c1. The summed E-state index contributed by atoms with van der Waals surface area (Å²) in [5.41, 5.74) is 3.02. The molecule has 1 amide bonds. The molecule has 2 aromatic carbocycles. The van der Waals surface area contributed by atoms with Crippen molar-refractivity contribution in [2.24, 2.45) is 0 Å². The van der Waals surface area contributed by atoms with Crippen LogP contribution in [0.2, 0.25) is 0 Å². The van der Waals surface area contributed by atoms with E-state index in [1.807, 2.05) is 60.8 Å². The third-order valence-corrected chi connectivity index (χ3v) is 5.01. The molecule has 0 saturated heterocycles. The van der Waals surface area contributed by atoms with Crippen LogP contribution in [-0.4, -0.2) is 28.8 Å². The predicted molar refractivity (Wildman–Crippen MR) is 105 cm³/mol. The minimum Gasteiger partial charge on any atom is -0.497 e. The Kier molecular flexibility index (Phi) is 4.92. The van der Waals surface area contributed by atoms with Crippen molar-refractivity contribution in [2.75, 3.05) is 7.11 Å². The lowest BCUT2D eigenvalue weighted by Crippen LogP contribution is -2.32. The van der Waals surface area contributed by atoms with Crippen LogP contribution in [0, 0.1) is 0 Å². The Morgan fingerprint density at radius 3 is 2.63 bits per heavy atom. The number of ether oxygens (including phenoxy) is 1. The van der Waals surface area contributed by atoms with Crippen molar-refractivity contribution < 1.29 is 9.53 Å². The molecule has 1 saturated carbocycles. The maximum absolute atomic E-state index is 13.0. The molecule has 5 heteroatoms. The van der Waals surface area contributed by atoms with Gasteiger partial charge >= 0.3 is 0 Å². The molecule has 0 radical (unpaired) electrons. The van der Waals surface area contributed by atoms with E-state index < -0.39 is 0 Å². The van der Waals surface area contributed by atoms with Crippen LogP contribution in [0.5, 0.6) is 5.75 Å². The van der Waals surface area contributed by atoms with E-state index in [1.165, 1.54) is 12.8 Å². The Morgan fingerprint density at radius 1 is 1.11 bits per heavy atom. The van der Waals surface area contributed by atoms with Gasteiger partial charge in [-0.25, -0.2) is 4.68 Å². The van der Waals surface area contributed by atoms with Gasteiger partial charge in [-0.3, -0.25) is 4.79 Å². The quantitative estimate of drug-likeness (QED) is 0.740. The summed E-state index contributed by atoms with van der Waals surface area (Å²) >= 11 is 0. The van der Waals surface area contributed by atoms with Crippen LogP contribution >= 0.6 is 0 Å². The number of methoxy groups -OCH3 is 1. The fourth-order valence-corrected chi connectivity index (χ4v) is 3.57. The minimum atomic E-state index is -0.0677. The third-order valence-electron chi connectivity index (χ3n) is 5.01. The summed E-state index contributed by atoms with van der Waals surface area (Å²) in [7, 11) is 1.63. The molecule has 4 rings (SSSR count). The van der Waals surface area contributed by atoms with Crippen molar-refractivity contribution >= 4 is 5.91 Å². The molecule has 138 valence electrons. The highest BCUT2D eigenvalue weighted by atomic mass is 16.5. The van der Waals surface area contributed by atoms with Gasteiger partial charge in [-0.1, -0.05) is 43.2 Å². The van der Waals surface area contributed by atoms with Gasteiger partial charge < -0.3 is 10.1 Å². The summed E-state index contributed by atoms with van der Waals surface area (Å²) in [5.74, 6) is 0.672. The smallest absolute Gasteiger partial charge is 0.255 e. The van der Waals surface area contributed by atoms with Gasteiger partial charge in [-0.2, -0.15) is 5.10 Å². The van der Waals surface area contributed by atoms with Crippen molar-refractivity contribution in [3.63, 3.8) is 0 Å². The van der Waals surface area contributed by atoms with Crippen molar-refractivity contribution in [1.29, 1.82) is 0 Å². The standard InChI is InChI=1S/C22H23N3O2/c1-27-19-13-7-8-16(14-19)21-20(22(26)23-17-9-5-6-10-17)15-25(24-21)18-11-3-2-4-12-18/h2-4,7-8,11-15,17H,5-6,9-10H2,1H3,(H,23,26). The highest BCUT2D eigenvalue weighted by Gasteiger charge is 2.23. The third kappa shape index (κ3) is 3.72. The number of aromatic nitrogens is 2. The second-order valence-corrected chi connectivity index (χ2v) is 6.86. The zero-order chi connectivity index (χ0) is 18.6. The highest BCUT2D eigenvalue weighted by Crippen LogP contribution is 2.27. The van der Waals surface area contributed by atoms with Crippen molar-refractivity contribution in [1.82, 2.24) is 15.1 Å². The Morgan fingerprint density at radius 2 is 1.89 bits per heavy atom. The summed E-state index contributed by atoms with van der Waals surface area (Å²) in [6.07, 6.45) is 6.27. The van der Waals surface area contributed by atoms with E-state index in [-0.39, 0.29) is 11.9 Å². The number of hydrogen-bond acceptors (Lipinski definition) is 3. The van der Waals surface area contributed by atoms with Gasteiger partial charge in [0.2, 0.25) is 0 Å². The van der Waals surface area contributed by atoms with E-state index >= 15 is 0 Å². The zero-order valence-corrected chi connectivity index (χ0v) is 15.4. The van der Waals surface area contributed by atoms with Gasteiger partial charge in [0.25, 0.3) is 5.91 Å². The van der Waals surface area contributed by atoms with E-state index in [0.29, 0.717) is 11.3 Å². The van der Waals surface area contributed by atoms with Gasteiger partial charge in [-0.05, 0) is 37.1 Å². The number of amides is 1.